The minimum atomic E-state index is -4.27. The van der Waals surface area contributed by atoms with Crippen molar-refractivity contribution in [2.24, 2.45) is 5.92 Å². The van der Waals surface area contributed by atoms with Gasteiger partial charge in [-0.05, 0) is 26.7 Å². The first-order chi connectivity index (χ1) is 7.88. The molecule has 0 spiro atoms. The van der Waals surface area contributed by atoms with Gasteiger partial charge in [-0.1, -0.05) is 13.8 Å². The fraction of sp³-hybridized carbons (Fsp3) is 0.818. The molecule has 0 saturated carbocycles. The topological polar surface area (TPSA) is 75.7 Å². The van der Waals surface area contributed by atoms with Gasteiger partial charge in [-0.25, -0.2) is 4.79 Å². The summed E-state index contributed by atoms with van der Waals surface area (Å²) in [5.41, 5.74) is -0.921. The third-order valence-corrected chi connectivity index (χ3v) is 1.85. The van der Waals surface area contributed by atoms with Crippen molar-refractivity contribution in [1.82, 2.24) is 0 Å². The molecule has 0 aliphatic carbocycles. The number of carbonyl (C=O) groups is 2. The van der Waals surface area contributed by atoms with Crippen LogP contribution in [0.1, 0.15) is 34.6 Å². The number of rotatable bonds is 4. The van der Waals surface area contributed by atoms with E-state index in [4.69, 9.17) is 0 Å². The average molecular weight is 267 g/mol. The second kappa shape index (κ2) is 5.49. The normalized spacial score (nSPS) is 14.2. The Labute approximate surface area is 104 Å². The van der Waals surface area contributed by atoms with E-state index in [-0.39, 0.29) is 0 Å². The summed E-state index contributed by atoms with van der Waals surface area (Å²) in [5.74, 6) is -7.78. The largest absolute Gasteiger partial charge is 0.544 e. The molecule has 0 aromatic carbocycles. The van der Waals surface area contributed by atoms with E-state index >= 15 is 0 Å². The fourth-order valence-electron chi connectivity index (χ4n) is 1.12. The van der Waals surface area contributed by atoms with Gasteiger partial charge in [-0.3, -0.25) is 0 Å². The number of carboxylic acid groups (broad SMARTS) is 1. The van der Waals surface area contributed by atoms with Crippen molar-refractivity contribution in [3.05, 3.63) is 0 Å². The Balaban J connectivity index is 4.86. The van der Waals surface area contributed by atoms with Gasteiger partial charge in [0.25, 0.3) is 0 Å². The number of hydrogen-bond acceptors (Lipinski definition) is 5. The summed E-state index contributed by atoms with van der Waals surface area (Å²) in [6.07, 6.45) is -3.49. The van der Waals surface area contributed by atoms with Crippen LogP contribution in [0, 0.1) is 5.92 Å². The zero-order valence-electron chi connectivity index (χ0n) is 11.0. The molecule has 0 saturated heterocycles. The molecule has 0 amide bonds. The summed E-state index contributed by atoms with van der Waals surface area (Å²) in [6, 6.07) is 0. The molecule has 18 heavy (non-hydrogen) atoms. The van der Waals surface area contributed by atoms with Gasteiger partial charge in [-0.2, -0.15) is 8.78 Å². The van der Waals surface area contributed by atoms with Crippen molar-refractivity contribution >= 4 is 12.1 Å². The first-order valence-electron chi connectivity index (χ1n) is 5.37. The van der Waals surface area contributed by atoms with Crippen LogP contribution in [-0.4, -0.2) is 29.8 Å². The van der Waals surface area contributed by atoms with E-state index < -0.39 is 35.7 Å². The number of halogens is 2. The maximum absolute atomic E-state index is 13.3. The molecular formula is C11H17F2O5-. The molecular weight excluding hydrogens is 250 g/mol. The molecule has 0 heterocycles. The minimum absolute atomic E-state index is 0.912. The van der Waals surface area contributed by atoms with Crippen molar-refractivity contribution in [3.63, 3.8) is 0 Å². The average Bonchev–Trinajstić information content (AvgIpc) is 2.10. The highest BCUT2D eigenvalue weighted by Crippen LogP contribution is 2.27. The summed E-state index contributed by atoms with van der Waals surface area (Å²) >= 11 is 0. The van der Waals surface area contributed by atoms with Crippen LogP contribution in [0.4, 0.5) is 13.6 Å². The first-order valence-corrected chi connectivity index (χ1v) is 5.37. The Hall–Kier alpha value is -1.40. The van der Waals surface area contributed by atoms with E-state index in [1.807, 2.05) is 0 Å². The van der Waals surface area contributed by atoms with Crippen LogP contribution in [0.3, 0.4) is 0 Å². The van der Waals surface area contributed by atoms with Crippen molar-refractivity contribution in [2.75, 3.05) is 0 Å². The molecule has 0 rings (SSSR count). The van der Waals surface area contributed by atoms with Gasteiger partial charge in [-0.15, -0.1) is 0 Å². The second-order valence-electron chi connectivity index (χ2n) is 5.16. The van der Waals surface area contributed by atoms with Crippen molar-refractivity contribution in [2.45, 2.75) is 52.2 Å². The number of aliphatic carboxylic acids is 1. The molecule has 106 valence electrons. The smallest absolute Gasteiger partial charge is 0.509 e. The quantitative estimate of drug-likeness (QED) is 0.718. The summed E-state index contributed by atoms with van der Waals surface area (Å²) < 4.78 is 35.6. The molecule has 0 aromatic heterocycles. The monoisotopic (exact) mass is 267 g/mol. The van der Waals surface area contributed by atoms with Gasteiger partial charge in [0.1, 0.15) is 11.6 Å². The minimum Gasteiger partial charge on any atom is -0.544 e. The predicted molar refractivity (Wildman–Crippen MR) is 55.9 cm³/mol. The maximum atomic E-state index is 13.3. The van der Waals surface area contributed by atoms with E-state index in [0.29, 0.717) is 0 Å². The van der Waals surface area contributed by atoms with Gasteiger partial charge < -0.3 is 19.4 Å². The Morgan fingerprint density at radius 1 is 1.17 bits per heavy atom. The maximum Gasteiger partial charge on any atom is 0.509 e. The van der Waals surface area contributed by atoms with Crippen LogP contribution in [0.15, 0.2) is 0 Å². The summed E-state index contributed by atoms with van der Waals surface area (Å²) in [5, 5.41) is 10.3. The molecule has 0 aliphatic heterocycles. The van der Waals surface area contributed by atoms with E-state index in [2.05, 4.69) is 9.47 Å². The zero-order chi connectivity index (χ0) is 14.7. The van der Waals surface area contributed by atoms with E-state index in [1.165, 1.54) is 34.6 Å². The molecule has 0 aromatic rings. The zero-order valence-corrected chi connectivity index (χ0v) is 11.0. The Morgan fingerprint density at radius 3 is 1.89 bits per heavy atom. The van der Waals surface area contributed by atoms with Gasteiger partial charge in [0.15, 0.2) is 6.10 Å². The Morgan fingerprint density at radius 2 is 1.61 bits per heavy atom. The van der Waals surface area contributed by atoms with E-state index in [0.717, 1.165) is 0 Å². The van der Waals surface area contributed by atoms with Crippen LogP contribution < -0.4 is 5.11 Å². The van der Waals surface area contributed by atoms with Gasteiger partial charge in [0.2, 0.25) is 0 Å². The summed E-state index contributed by atoms with van der Waals surface area (Å²) in [4.78, 5) is 21.6. The molecule has 7 heteroatoms. The Bertz CT molecular complexity index is 320. The molecule has 0 fully saturated rings. The van der Waals surface area contributed by atoms with Crippen LogP contribution in [0.25, 0.3) is 0 Å². The van der Waals surface area contributed by atoms with Gasteiger partial charge in [0.05, 0.1) is 0 Å². The highest BCUT2D eigenvalue weighted by Gasteiger charge is 2.46. The number of hydrogen-bond donors (Lipinski definition) is 0. The molecule has 5 nitrogen and oxygen atoms in total. The van der Waals surface area contributed by atoms with Crippen molar-refractivity contribution in [3.8, 4) is 0 Å². The lowest BCUT2D eigenvalue weighted by Crippen LogP contribution is -2.53. The molecule has 1 atom stereocenters. The molecule has 0 radical (unpaired) electrons. The van der Waals surface area contributed by atoms with Crippen molar-refractivity contribution < 1.29 is 33.0 Å². The molecule has 0 N–H and O–H groups in total. The van der Waals surface area contributed by atoms with Crippen LogP contribution in [-0.2, 0) is 14.3 Å². The standard InChI is InChI=1S/C11H18F2O5/c1-6(2)7(11(12,13)8(14)15)17-9(16)18-10(3,4)5/h6-7H,1-5H3,(H,14,15)/p-1. The third kappa shape index (κ3) is 4.85. The van der Waals surface area contributed by atoms with Gasteiger partial charge in [0, 0.05) is 0 Å². The van der Waals surface area contributed by atoms with Gasteiger partial charge >= 0.3 is 12.1 Å². The number of alkyl halides is 2. The lowest BCUT2D eigenvalue weighted by molar-refractivity contribution is -0.337. The summed E-state index contributed by atoms with van der Waals surface area (Å²) in [6.45, 7) is 7.17. The third-order valence-electron chi connectivity index (χ3n) is 1.85. The second-order valence-corrected chi connectivity index (χ2v) is 5.16. The lowest BCUT2D eigenvalue weighted by atomic mass is 10.0. The summed E-state index contributed by atoms with van der Waals surface area (Å²) in [7, 11) is 0. The molecule has 0 aliphatic rings. The fourth-order valence-corrected chi connectivity index (χ4v) is 1.12. The van der Waals surface area contributed by atoms with Crippen molar-refractivity contribution in [1.29, 1.82) is 0 Å². The van der Waals surface area contributed by atoms with Crippen LogP contribution in [0.2, 0.25) is 0 Å². The Kier molecular flexibility index (Phi) is 5.07. The highest BCUT2D eigenvalue weighted by molar-refractivity contribution is 5.74. The number of carboxylic acids is 1. The number of carbonyl (C=O) groups excluding carboxylic acids is 2. The van der Waals surface area contributed by atoms with Crippen LogP contribution >= 0.6 is 0 Å². The highest BCUT2D eigenvalue weighted by atomic mass is 19.3. The SMILES string of the molecule is CC(C)C(OC(=O)OC(C)(C)C)C(F)(F)C(=O)[O-]. The number of ether oxygens (including phenoxy) is 2. The van der Waals surface area contributed by atoms with Crippen LogP contribution in [0.5, 0.6) is 0 Å². The molecule has 0 bridgehead atoms. The first kappa shape index (κ1) is 16.6. The van der Waals surface area contributed by atoms with E-state index in [9.17, 15) is 23.5 Å². The van der Waals surface area contributed by atoms with E-state index in [1.54, 1.807) is 0 Å². The predicted octanol–water partition coefficient (Wildman–Crippen LogP) is 1.35. The lowest BCUT2D eigenvalue weighted by Gasteiger charge is -2.30. The molecule has 1 unspecified atom stereocenters.